The highest BCUT2D eigenvalue weighted by molar-refractivity contribution is 8.18. The molecule has 25 heavy (non-hydrogen) atoms. The molecule has 0 saturated carbocycles. The first-order valence-electron chi connectivity index (χ1n) is 6.48. The van der Waals surface area contributed by atoms with Crippen LogP contribution in [0.1, 0.15) is 11.1 Å². The van der Waals surface area contributed by atoms with Crippen LogP contribution < -0.4 is 5.32 Å². The van der Waals surface area contributed by atoms with Crippen LogP contribution in [0, 0.1) is 0 Å². The molecular formula is C14H9ClF3N3O3S. The van der Waals surface area contributed by atoms with Gasteiger partial charge in [-0.2, -0.15) is 18.3 Å². The van der Waals surface area contributed by atoms with E-state index < -0.39 is 23.6 Å². The zero-order valence-electron chi connectivity index (χ0n) is 12.4. The van der Waals surface area contributed by atoms with Gasteiger partial charge in [-0.05, 0) is 23.9 Å². The number of amidine groups is 1. The molecule has 0 aromatic heterocycles. The van der Waals surface area contributed by atoms with Crippen LogP contribution in [0.2, 0.25) is 5.02 Å². The second kappa shape index (κ2) is 7.70. The summed E-state index contributed by atoms with van der Waals surface area (Å²) in [7, 11) is 1.15. The molecule has 1 amide bonds. The number of hydrogen-bond donors (Lipinski definition) is 1. The molecule has 1 saturated heterocycles. The van der Waals surface area contributed by atoms with Gasteiger partial charge in [0.1, 0.15) is 0 Å². The fourth-order valence-electron chi connectivity index (χ4n) is 1.70. The van der Waals surface area contributed by atoms with E-state index in [0.29, 0.717) is 0 Å². The van der Waals surface area contributed by atoms with Crippen molar-refractivity contribution in [1.29, 1.82) is 0 Å². The second-order valence-corrected chi connectivity index (χ2v) is 5.87. The summed E-state index contributed by atoms with van der Waals surface area (Å²) < 4.78 is 43.2. The first-order chi connectivity index (χ1) is 11.7. The third-order valence-corrected chi connectivity index (χ3v) is 4.02. The van der Waals surface area contributed by atoms with E-state index in [1.54, 1.807) is 0 Å². The van der Waals surface area contributed by atoms with Crippen molar-refractivity contribution < 1.29 is 27.5 Å². The molecule has 1 aliphatic heterocycles. The molecule has 1 fully saturated rings. The number of amides is 1. The van der Waals surface area contributed by atoms with E-state index in [4.69, 9.17) is 11.6 Å². The van der Waals surface area contributed by atoms with Gasteiger partial charge in [0.15, 0.2) is 5.17 Å². The lowest BCUT2D eigenvalue weighted by Gasteiger charge is -2.10. The molecule has 11 heteroatoms. The molecule has 0 atom stereocenters. The molecule has 6 nitrogen and oxygen atoms in total. The number of benzene rings is 1. The van der Waals surface area contributed by atoms with Gasteiger partial charge in [-0.25, -0.2) is 4.79 Å². The van der Waals surface area contributed by atoms with Gasteiger partial charge in [-0.1, -0.05) is 17.7 Å². The van der Waals surface area contributed by atoms with E-state index in [1.807, 2.05) is 0 Å². The fraction of sp³-hybridized carbons (Fsp3) is 0.143. The molecule has 1 aliphatic rings. The molecule has 0 spiro atoms. The standard InChI is InChI=1S/C14H9ClF3N3O3S/c1-24-11(22)5-10-12(23)20-13(25-10)21-19-6-7-8(14(16,17)18)3-2-4-9(7)15/h2-6H,1H3,(H,20,21,23)/b10-5+,19-6?. The highest BCUT2D eigenvalue weighted by atomic mass is 35.5. The number of rotatable bonds is 3. The maximum Gasteiger partial charge on any atom is 0.417 e. The number of hydrogen-bond acceptors (Lipinski definition) is 6. The average molecular weight is 392 g/mol. The smallest absolute Gasteiger partial charge is 0.417 e. The van der Waals surface area contributed by atoms with E-state index in [1.165, 1.54) is 12.1 Å². The van der Waals surface area contributed by atoms with E-state index in [0.717, 1.165) is 37.2 Å². The Hall–Kier alpha value is -2.33. The minimum Gasteiger partial charge on any atom is -0.466 e. The Bertz CT molecular complexity index is 806. The fourth-order valence-corrected chi connectivity index (χ4v) is 2.66. The van der Waals surface area contributed by atoms with Crippen molar-refractivity contribution >= 4 is 46.6 Å². The number of carbonyl (C=O) groups is 2. The van der Waals surface area contributed by atoms with Crippen molar-refractivity contribution in [2.75, 3.05) is 7.11 Å². The van der Waals surface area contributed by atoms with E-state index in [-0.39, 0.29) is 20.7 Å². The molecule has 1 aromatic carbocycles. The molecular weight excluding hydrogens is 383 g/mol. The molecule has 0 aliphatic carbocycles. The van der Waals surface area contributed by atoms with Gasteiger partial charge in [-0.3, -0.25) is 10.1 Å². The van der Waals surface area contributed by atoms with Crippen molar-refractivity contribution in [3.05, 3.63) is 45.3 Å². The van der Waals surface area contributed by atoms with Crippen LogP contribution in [-0.4, -0.2) is 30.4 Å². The summed E-state index contributed by atoms with van der Waals surface area (Å²) in [6.07, 6.45) is -2.80. The third kappa shape index (κ3) is 4.83. The van der Waals surface area contributed by atoms with Crippen molar-refractivity contribution in [2.24, 2.45) is 10.2 Å². The normalized spacial score (nSPS) is 18.2. The molecule has 0 bridgehead atoms. The average Bonchev–Trinajstić information content (AvgIpc) is 2.87. The topological polar surface area (TPSA) is 80.1 Å². The number of thioether (sulfide) groups is 1. The number of nitrogens with one attached hydrogen (secondary N) is 1. The largest absolute Gasteiger partial charge is 0.466 e. The third-order valence-electron chi connectivity index (χ3n) is 2.79. The van der Waals surface area contributed by atoms with Crippen LogP contribution in [0.25, 0.3) is 0 Å². The summed E-state index contributed by atoms with van der Waals surface area (Å²) in [5, 5.41) is 9.30. The molecule has 1 heterocycles. The summed E-state index contributed by atoms with van der Waals surface area (Å²) in [4.78, 5) is 22.7. The SMILES string of the molecule is COC(=O)/C=C1/S/C(=N\N=Cc2c(Cl)cccc2C(F)(F)F)NC1=O. The number of alkyl halides is 3. The molecule has 132 valence electrons. The first-order valence-corrected chi connectivity index (χ1v) is 7.67. The Morgan fingerprint density at radius 2 is 2.12 bits per heavy atom. The van der Waals surface area contributed by atoms with Gasteiger partial charge in [0.05, 0.1) is 28.8 Å². The van der Waals surface area contributed by atoms with Crippen molar-refractivity contribution in [2.45, 2.75) is 6.18 Å². The van der Waals surface area contributed by atoms with Gasteiger partial charge in [0, 0.05) is 11.6 Å². The number of halogens is 4. The van der Waals surface area contributed by atoms with Crippen LogP contribution in [-0.2, 0) is 20.5 Å². The van der Waals surface area contributed by atoms with Crippen LogP contribution in [0.5, 0.6) is 0 Å². The summed E-state index contributed by atoms with van der Waals surface area (Å²) in [6.45, 7) is 0. The number of nitrogens with zero attached hydrogens (tertiary/aromatic N) is 2. The van der Waals surface area contributed by atoms with E-state index in [2.05, 4.69) is 20.3 Å². The lowest BCUT2D eigenvalue weighted by molar-refractivity contribution is -0.137. The molecule has 0 unspecified atom stereocenters. The Morgan fingerprint density at radius 3 is 2.76 bits per heavy atom. The molecule has 1 N–H and O–H groups in total. The van der Waals surface area contributed by atoms with Gasteiger partial charge in [-0.15, -0.1) is 5.10 Å². The predicted molar refractivity (Wildman–Crippen MR) is 87.3 cm³/mol. The van der Waals surface area contributed by atoms with E-state index >= 15 is 0 Å². The van der Waals surface area contributed by atoms with Crippen molar-refractivity contribution in [3.8, 4) is 0 Å². The molecule has 2 rings (SSSR count). The number of carbonyl (C=O) groups excluding carboxylic acids is 2. The Kier molecular flexibility index (Phi) is 5.85. The highest BCUT2D eigenvalue weighted by Crippen LogP contribution is 2.34. The predicted octanol–water partition coefficient (Wildman–Crippen LogP) is 2.97. The van der Waals surface area contributed by atoms with Crippen LogP contribution >= 0.6 is 23.4 Å². The Morgan fingerprint density at radius 1 is 1.40 bits per heavy atom. The lowest BCUT2D eigenvalue weighted by atomic mass is 10.1. The lowest BCUT2D eigenvalue weighted by Crippen LogP contribution is -2.19. The van der Waals surface area contributed by atoms with Crippen molar-refractivity contribution in [3.63, 3.8) is 0 Å². The minimum atomic E-state index is -4.61. The second-order valence-electron chi connectivity index (χ2n) is 4.44. The number of methoxy groups -OCH3 is 1. The van der Waals surface area contributed by atoms with Gasteiger partial charge in [0.2, 0.25) is 0 Å². The van der Waals surface area contributed by atoms with E-state index in [9.17, 15) is 22.8 Å². The van der Waals surface area contributed by atoms with Crippen molar-refractivity contribution in [1.82, 2.24) is 5.32 Å². The number of esters is 1. The highest BCUT2D eigenvalue weighted by Gasteiger charge is 2.33. The summed E-state index contributed by atoms with van der Waals surface area (Å²) in [5.74, 6) is -1.33. The maximum atomic E-state index is 12.9. The minimum absolute atomic E-state index is 0.00276. The Labute approximate surface area is 148 Å². The Balaban J connectivity index is 2.22. The number of ether oxygens (including phenoxy) is 1. The quantitative estimate of drug-likeness (QED) is 0.372. The zero-order valence-corrected chi connectivity index (χ0v) is 14.0. The summed E-state index contributed by atoms with van der Waals surface area (Å²) in [6, 6.07) is 3.32. The molecule has 1 aromatic rings. The van der Waals surface area contributed by atoms with Crippen LogP contribution in [0.4, 0.5) is 13.2 Å². The first kappa shape index (κ1) is 19.0. The van der Waals surface area contributed by atoms with Crippen LogP contribution in [0.3, 0.4) is 0 Å². The zero-order chi connectivity index (χ0) is 18.6. The van der Waals surface area contributed by atoms with Gasteiger partial charge in [0.25, 0.3) is 5.91 Å². The van der Waals surface area contributed by atoms with Gasteiger partial charge >= 0.3 is 12.1 Å². The summed E-state index contributed by atoms with van der Waals surface area (Å²) >= 11 is 6.57. The molecule has 0 radical (unpaired) electrons. The van der Waals surface area contributed by atoms with Gasteiger partial charge < -0.3 is 4.74 Å². The van der Waals surface area contributed by atoms with Crippen LogP contribution in [0.15, 0.2) is 39.4 Å². The monoisotopic (exact) mass is 391 g/mol. The summed E-state index contributed by atoms with van der Waals surface area (Å²) in [5.41, 5.74) is -1.31. The maximum absolute atomic E-state index is 12.9.